The Labute approximate surface area is 92.0 Å². The fourth-order valence-electron chi connectivity index (χ4n) is 2.13. The fourth-order valence-corrected chi connectivity index (χ4v) is 2.13. The normalized spacial score (nSPS) is 27.3. The molecule has 0 aromatic rings. The number of nitrogens with zero attached hydrogens (tertiary/aromatic N) is 1. The molecular formula is C11H22N2O2. The molecule has 4 nitrogen and oxygen atoms in total. The van der Waals surface area contributed by atoms with Crippen molar-refractivity contribution in [2.24, 2.45) is 0 Å². The molecule has 1 rings (SSSR count). The molecule has 1 N–H and O–H groups in total. The van der Waals surface area contributed by atoms with E-state index >= 15 is 0 Å². The van der Waals surface area contributed by atoms with Gasteiger partial charge in [-0.2, -0.15) is 0 Å². The highest BCUT2D eigenvalue weighted by Gasteiger charge is 2.39. The van der Waals surface area contributed by atoms with Crippen LogP contribution in [0, 0.1) is 0 Å². The highest BCUT2D eigenvalue weighted by molar-refractivity contribution is 5.70. The molecule has 88 valence electrons. The minimum Gasteiger partial charge on any atom is -0.469 e. The van der Waals surface area contributed by atoms with Crippen LogP contribution in [0.4, 0.5) is 0 Å². The zero-order valence-corrected chi connectivity index (χ0v) is 10.2. The summed E-state index contributed by atoms with van der Waals surface area (Å²) < 4.78 is 4.74. The summed E-state index contributed by atoms with van der Waals surface area (Å²) in [5.74, 6) is -0.130. The predicted molar refractivity (Wildman–Crippen MR) is 59.7 cm³/mol. The van der Waals surface area contributed by atoms with E-state index < -0.39 is 0 Å². The molecule has 0 radical (unpaired) electrons. The molecule has 0 aromatic heterocycles. The van der Waals surface area contributed by atoms with Crippen LogP contribution in [0.3, 0.4) is 0 Å². The number of rotatable bonds is 4. The zero-order valence-electron chi connectivity index (χ0n) is 10.2. The van der Waals surface area contributed by atoms with Gasteiger partial charge in [0, 0.05) is 24.7 Å². The zero-order chi connectivity index (χ0) is 11.5. The highest BCUT2D eigenvalue weighted by atomic mass is 16.5. The number of hydrogen-bond donors (Lipinski definition) is 1. The smallest absolute Gasteiger partial charge is 0.307 e. The first kappa shape index (κ1) is 12.5. The number of nitrogens with one attached hydrogen (secondary N) is 1. The highest BCUT2D eigenvalue weighted by Crippen LogP contribution is 2.26. The van der Waals surface area contributed by atoms with Crippen LogP contribution in [0.2, 0.25) is 0 Å². The van der Waals surface area contributed by atoms with Gasteiger partial charge in [-0.05, 0) is 27.3 Å². The van der Waals surface area contributed by atoms with Crippen molar-refractivity contribution in [3.05, 3.63) is 0 Å². The molecule has 1 unspecified atom stereocenters. The second-order valence-corrected chi connectivity index (χ2v) is 4.60. The van der Waals surface area contributed by atoms with Gasteiger partial charge in [0.05, 0.1) is 13.5 Å². The Morgan fingerprint density at radius 2 is 2.27 bits per heavy atom. The molecule has 0 amide bonds. The summed E-state index contributed by atoms with van der Waals surface area (Å²) in [6.07, 6.45) is 1.47. The van der Waals surface area contributed by atoms with Gasteiger partial charge in [0.25, 0.3) is 0 Å². The molecule has 0 aromatic carbocycles. The minimum atomic E-state index is -0.130. The molecule has 0 spiro atoms. The Hall–Kier alpha value is -0.610. The van der Waals surface area contributed by atoms with Crippen LogP contribution in [0.1, 0.15) is 26.7 Å². The van der Waals surface area contributed by atoms with Gasteiger partial charge < -0.3 is 10.1 Å². The first-order valence-corrected chi connectivity index (χ1v) is 5.53. The van der Waals surface area contributed by atoms with Gasteiger partial charge in [-0.25, -0.2) is 0 Å². The number of esters is 1. The SMILES string of the molecule is CNC1(CC(=O)OC)CCN(C(C)C)C1. The van der Waals surface area contributed by atoms with Crippen LogP contribution in [0.15, 0.2) is 0 Å². The first-order valence-electron chi connectivity index (χ1n) is 5.53. The maximum absolute atomic E-state index is 11.3. The first-order chi connectivity index (χ1) is 7.03. The van der Waals surface area contributed by atoms with Gasteiger partial charge in [0.1, 0.15) is 0 Å². The van der Waals surface area contributed by atoms with Gasteiger partial charge in [-0.1, -0.05) is 0 Å². The lowest BCUT2D eigenvalue weighted by molar-refractivity contribution is -0.142. The topological polar surface area (TPSA) is 41.6 Å². The van der Waals surface area contributed by atoms with Crippen LogP contribution < -0.4 is 5.32 Å². The van der Waals surface area contributed by atoms with E-state index in [-0.39, 0.29) is 11.5 Å². The number of carbonyl (C=O) groups is 1. The molecule has 15 heavy (non-hydrogen) atoms. The van der Waals surface area contributed by atoms with E-state index in [1.165, 1.54) is 7.11 Å². The average Bonchev–Trinajstić information content (AvgIpc) is 2.63. The van der Waals surface area contributed by atoms with Gasteiger partial charge >= 0.3 is 5.97 Å². The quantitative estimate of drug-likeness (QED) is 0.697. The lowest BCUT2D eigenvalue weighted by Crippen LogP contribution is -2.48. The van der Waals surface area contributed by atoms with Crippen molar-refractivity contribution >= 4 is 5.97 Å². The molecule has 1 aliphatic rings. The number of hydrogen-bond acceptors (Lipinski definition) is 4. The lowest BCUT2D eigenvalue weighted by Gasteiger charge is -2.29. The van der Waals surface area contributed by atoms with Gasteiger partial charge in [0.2, 0.25) is 0 Å². The largest absolute Gasteiger partial charge is 0.469 e. The van der Waals surface area contributed by atoms with E-state index in [1.54, 1.807) is 0 Å². The number of likely N-dealkylation sites (tertiary alicyclic amines) is 1. The average molecular weight is 214 g/mol. The molecule has 1 aliphatic heterocycles. The Balaban J connectivity index is 2.60. The van der Waals surface area contributed by atoms with Gasteiger partial charge in [-0.3, -0.25) is 9.69 Å². The van der Waals surface area contributed by atoms with Crippen LogP contribution in [-0.4, -0.2) is 49.7 Å². The second-order valence-electron chi connectivity index (χ2n) is 4.60. The van der Waals surface area contributed by atoms with Crippen LogP contribution in [0.5, 0.6) is 0 Å². The third kappa shape index (κ3) is 2.92. The van der Waals surface area contributed by atoms with Crippen LogP contribution in [-0.2, 0) is 9.53 Å². The number of methoxy groups -OCH3 is 1. The van der Waals surface area contributed by atoms with Crippen molar-refractivity contribution in [1.29, 1.82) is 0 Å². The monoisotopic (exact) mass is 214 g/mol. The summed E-state index contributed by atoms with van der Waals surface area (Å²) in [7, 11) is 3.37. The predicted octanol–water partition coefficient (Wildman–Crippen LogP) is 0.622. The molecule has 1 atom stereocenters. The summed E-state index contributed by atoms with van der Waals surface area (Å²) in [6, 6.07) is 0.540. The summed E-state index contributed by atoms with van der Waals surface area (Å²) >= 11 is 0. The van der Waals surface area contributed by atoms with E-state index in [0.29, 0.717) is 12.5 Å². The number of likely N-dealkylation sites (N-methyl/N-ethyl adjacent to an activating group) is 1. The van der Waals surface area contributed by atoms with Crippen molar-refractivity contribution in [2.45, 2.75) is 38.3 Å². The summed E-state index contributed by atoms with van der Waals surface area (Å²) in [5.41, 5.74) is -0.0859. The van der Waals surface area contributed by atoms with Crippen molar-refractivity contribution in [2.75, 3.05) is 27.2 Å². The molecule has 0 saturated carbocycles. The standard InChI is InChI=1S/C11H22N2O2/c1-9(2)13-6-5-11(8-13,12-3)7-10(14)15-4/h9,12H,5-8H2,1-4H3. The number of ether oxygens (including phenoxy) is 1. The molecule has 0 aliphatic carbocycles. The molecule has 1 heterocycles. The second kappa shape index (κ2) is 4.94. The molecule has 1 saturated heterocycles. The third-order valence-corrected chi connectivity index (χ3v) is 3.35. The van der Waals surface area contributed by atoms with E-state index in [4.69, 9.17) is 4.74 Å². The van der Waals surface area contributed by atoms with Crippen molar-refractivity contribution in [3.63, 3.8) is 0 Å². The Kier molecular flexibility index (Phi) is 4.11. The summed E-state index contributed by atoms with van der Waals surface area (Å²) in [4.78, 5) is 13.7. The maximum atomic E-state index is 11.3. The van der Waals surface area contributed by atoms with E-state index in [1.807, 2.05) is 7.05 Å². The third-order valence-electron chi connectivity index (χ3n) is 3.35. The molecule has 1 fully saturated rings. The van der Waals surface area contributed by atoms with Gasteiger partial charge in [0.15, 0.2) is 0 Å². The van der Waals surface area contributed by atoms with Crippen LogP contribution in [0.25, 0.3) is 0 Å². The van der Waals surface area contributed by atoms with Gasteiger partial charge in [-0.15, -0.1) is 0 Å². The van der Waals surface area contributed by atoms with E-state index in [2.05, 4.69) is 24.1 Å². The summed E-state index contributed by atoms with van der Waals surface area (Å²) in [6.45, 7) is 6.35. The van der Waals surface area contributed by atoms with E-state index in [0.717, 1.165) is 19.5 Å². The Morgan fingerprint density at radius 3 is 2.67 bits per heavy atom. The lowest BCUT2D eigenvalue weighted by atomic mass is 9.94. The Morgan fingerprint density at radius 1 is 1.60 bits per heavy atom. The maximum Gasteiger partial charge on any atom is 0.307 e. The van der Waals surface area contributed by atoms with Crippen molar-refractivity contribution in [1.82, 2.24) is 10.2 Å². The van der Waals surface area contributed by atoms with Crippen molar-refractivity contribution < 1.29 is 9.53 Å². The van der Waals surface area contributed by atoms with E-state index in [9.17, 15) is 4.79 Å². The summed E-state index contributed by atoms with van der Waals surface area (Å²) in [5, 5.41) is 3.28. The number of carbonyl (C=O) groups excluding carboxylic acids is 1. The molecular weight excluding hydrogens is 192 g/mol. The minimum absolute atomic E-state index is 0.0859. The fraction of sp³-hybridized carbons (Fsp3) is 0.909. The van der Waals surface area contributed by atoms with Crippen LogP contribution >= 0.6 is 0 Å². The molecule has 4 heteroatoms. The molecule has 0 bridgehead atoms. The van der Waals surface area contributed by atoms with Crippen molar-refractivity contribution in [3.8, 4) is 0 Å². The Bertz CT molecular complexity index is 231.